The van der Waals surface area contributed by atoms with Crippen LogP contribution in [0, 0.1) is 11.3 Å². The Balaban J connectivity index is 0.00000171. The maximum absolute atomic E-state index is 9.86. The number of fused-ring (bicyclic) bond motifs is 1. The van der Waals surface area contributed by atoms with Crippen molar-refractivity contribution in [3.8, 4) is 17.2 Å². The first-order valence-electron chi connectivity index (χ1n) is 11.9. The number of hydrogen-bond donors (Lipinski definition) is 0. The largest absolute Gasteiger partial charge is 0.337 e. The van der Waals surface area contributed by atoms with Crippen LogP contribution in [0.4, 0.5) is 0 Å². The van der Waals surface area contributed by atoms with E-state index in [1.165, 1.54) is 54.1 Å². The molecular formula is C29H32Cl2N4. The quantitative estimate of drug-likeness (QED) is 0.275. The minimum Gasteiger partial charge on any atom is -0.337 e. The van der Waals surface area contributed by atoms with Crippen LogP contribution in [0.5, 0.6) is 0 Å². The van der Waals surface area contributed by atoms with E-state index in [0.29, 0.717) is 6.04 Å². The first kappa shape index (κ1) is 26.8. The van der Waals surface area contributed by atoms with E-state index in [1.807, 2.05) is 18.6 Å². The molecule has 35 heavy (non-hydrogen) atoms. The first-order valence-corrected chi connectivity index (χ1v) is 11.9. The SMILES string of the molecule is Cl.Cl.Cn1cncc1CN(Cc1ccc(C#N)c(-c2cccc3ccccc23)c1)C1CCCCC1. The van der Waals surface area contributed by atoms with Gasteiger partial charge in [0.2, 0.25) is 0 Å². The van der Waals surface area contributed by atoms with Crippen molar-refractivity contribution in [2.75, 3.05) is 0 Å². The summed E-state index contributed by atoms with van der Waals surface area (Å²) >= 11 is 0. The molecule has 6 heteroatoms. The number of rotatable bonds is 6. The zero-order valence-corrected chi connectivity index (χ0v) is 21.7. The number of nitriles is 1. The van der Waals surface area contributed by atoms with E-state index in [2.05, 4.69) is 82.2 Å². The molecule has 1 aliphatic carbocycles. The average molecular weight is 508 g/mol. The predicted octanol–water partition coefficient (Wildman–Crippen LogP) is 7.29. The van der Waals surface area contributed by atoms with Crippen LogP contribution in [-0.2, 0) is 20.1 Å². The van der Waals surface area contributed by atoms with E-state index < -0.39 is 0 Å². The molecular weight excluding hydrogens is 475 g/mol. The Morgan fingerprint density at radius 2 is 1.71 bits per heavy atom. The molecule has 5 rings (SSSR count). The van der Waals surface area contributed by atoms with Gasteiger partial charge >= 0.3 is 0 Å². The summed E-state index contributed by atoms with van der Waals surface area (Å²) in [6.45, 7) is 1.77. The van der Waals surface area contributed by atoms with Crippen LogP contribution < -0.4 is 0 Å². The molecule has 1 aliphatic rings. The highest BCUT2D eigenvalue weighted by Crippen LogP contribution is 2.33. The normalized spacial score (nSPS) is 13.7. The molecule has 182 valence electrons. The van der Waals surface area contributed by atoms with Crippen molar-refractivity contribution < 1.29 is 0 Å². The van der Waals surface area contributed by atoms with E-state index in [1.54, 1.807) is 0 Å². The van der Waals surface area contributed by atoms with E-state index in [4.69, 9.17) is 0 Å². The lowest BCUT2D eigenvalue weighted by Gasteiger charge is -2.34. The molecule has 1 heterocycles. The number of nitrogens with zero attached hydrogens (tertiary/aromatic N) is 4. The Bertz CT molecular complexity index is 1300. The topological polar surface area (TPSA) is 44.9 Å². The van der Waals surface area contributed by atoms with Gasteiger partial charge in [-0.25, -0.2) is 4.98 Å². The Kier molecular flexibility index (Phi) is 9.34. The van der Waals surface area contributed by atoms with Crippen LogP contribution in [0.3, 0.4) is 0 Å². The number of aromatic nitrogens is 2. The molecule has 1 aromatic heterocycles. The standard InChI is InChI=1S/C29H30N4.2ClH/c1-32-21-31-18-26(32)20-33(25-10-3-2-4-11-25)19-22-14-15-24(17-30)29(16-22)28-13-7-9-23-8-5-6-12-27(23)28;;/h5-9,12-16,18,21,25H,2-4,10-11,19-20H2,1H3;2*1H. The van der Waals surface area contributed by atoms with Gasteiger partial charge in [-0.2, -0.15) is 5.26 Å². The highest BCUT2D eigenvalue weighted by Gasteiger charge is 2.23. The molecule has 0 bridgehead atoms. The van der Waals surface area contributed by atoms with Crippen LogP contribution in [0.15, 0.2) is 73.2 Å². The van der Waals surface area contributed by atoms with Crippen LogP contribution in [-0.4, -0.2) is 20.5 Å². The summed E-state index contributed by atoms with van der Waals surface area (Å²) in [4.78, 5) is 6.95. The third-order valence-corrected chi connectivity index (χ3v) is 7.04. The fourth-order valence-electron chi connectivity index (χ4n) is 5.21. The Morgan fingerprint density at radius 1 is 0.943 bits per heavy atom. The number of benzene rings is 3. The fraction of sp³-hybridized carbons (Fsp3) is 0.310. The number of imidazole rings is 1. The summed E-state index contributed by atoms with van der Waals surface area (Å²) in [6.07, 6.45) is 10.3. The van der Waals surface area contributed by atoms with Crippen molar-refractivity contribution in [3.05, 3.63) is 90.0 Å². The van der Waals surface area contributed by atoms with Gasteiger partial charge in [-0.05, 0) is 46.9 Å². The van der Waals surface area contributed by atoms with E-state index in [0.717, 1.165) is 29.8 Å². The summed E-state index contributed by atoms with van der Waals surface area (Å²) in [7, 11) is 2.07. The van der Waals surface area contributed by atoms with Gasteiger partial charge in [0.05, 0.1) is 23.7 Å². The lowest BCUT2D eigenvalue weighted by Crippen LogP contribution is -2.36. The van der Waals surface area contributed by atoms with Crippen molar-refractivity contribution in [2.45, 2.75) is 51.2 Å². The summed E-state index contributed by atoms with van der Waals surface area (Å²) in [5.41, 5.74) is 5.37. The highest BCUT2D eigenvalue weighted by molar-refractivity contribution is 5.97. The molecule has 0 spiro atoms. The molecule has 1 saturated carbocycles. The van der Waals surface area contributed by atoms with Gasteiger partial charge < -0.3 is 4.57 Å². The first-order chi connectivity index (χ1) is 16.2. The molecule has 3 aromatic carbocycles. The van der Waals surface area contributed by atoms with Gasteiger partial charge in [0.1, 0.15) is 0 Å². The number of hydrogen-bond acceptors (Lipinski definition) is 3. The molecule has 0 N–H and O–H groups in total. The van der Waals surface area contributed by atoms with Crippen molar-refractivity contribution in [3.63, 3.8) is 0 Å². The average Bonchev–Trinajstić information content (AvgIpc) is 3.28. The summed E-state index contributed by atoms with van der Waals surface area (Å²) in [5, 5.41) is 12.2. The predicted molar refractivity (Wildman–Crippen MR) is 148 cm³/mol. The zero-order chi connectivity index (χ0) is 22.6. The lowest BCUT2D eigenvalue weighted by molar-refractivity contribution is 0.137. The molecule has 0 aliphatic heterocycles. The zero-order valence-electron chi connectivity index (χ0n) is 20.1. The Morgan fingerprint density at radius 3 is 2.46 bits per heavy atom. The third kappa shape index (κ3) is 5.87. The molecule has 1 fully saturated rings. The number of halogens is 2. The molecule has 0 saturated heterocycles. The van der Waals surface area contributed by atoms with Crippen LogP contribution in [0.2, 0.25) is 0 Å². The van der Waals surface area contributed by atoms with Crippen molar-refractivity contribution in [1.29, 1.82) is 5.26 Å². The maximum Gasteiger partial charge on any atom is 0.0998 e. The molecule has 0 atom stereocenters. The van der Waals surface area contributed by atoms with Crippen molar-refractivity contribution >= 4 is 35.6 Å². The minimum absolute atomic E-state index is 0. The summed E-state index contributed by atoms with van der Waals surface area (Å²) in [5.74, 6) is 0. The fourth-order valence-corrected chi connectivity index (χ4v) is 5.21. The second-order valence-electron chi connectivity index (χ2n) is 9.21. The third-order valence-electron chi connectivity index (χ3n) is 7.04. The highest BCUT2D eigenvalue weighted by atomic mass is 35.5. The van der Waals surface area contributed by atoms with Gasteiger partial charge in [-0.1, -0.05) is 67.8 Å². The van der Waals surface area contributed by atoms with Gasteiger partial charge in [-0.15, -0.1) is 24.8 Å². The lowest BCUT2D eigenvalue weighted by atomic mass is 9.92. The molecule has 0 radical (unpaired) electrons. The Hall–Kier alpha value is -2.84. The van der Waals surface area contributed by atoms with Crippen molar-refractivity contribution in [1.82, 2.24) is 14.5 Å². The smallest absolute Gasteiger partial charge is 0.0998 e. The second kappa shape index (κ2) is 12.2. The van der Waals surface area contributed by atoms with Gasteiger partial charge in [0.25, 0.3) is 0 Å². The van der Waals surface area contributed by atoms with Gasteiger partial charge in [0.15, 0.2) is 0 Å². The van der Waals surface area contributed by atoms with E-state index >= 15 is 0 Å². The summed E-state index contributed by atoms with van der Waals surface area (Å²) in [6, 6.07) is 24.1. The molecule has 4 nitrogen and oxygen atoms in total. The van der Waals surface area contributed by atoms with Gasteiger partial charge in [0, 0.05) is 37.9 Å². The number of aryl methyl sites for hydroxylation is 1. The Labute approximate surface area is 220 Å². The molecule has 0 amide bonds. The maximum atomic E-state index is 9.86. The van der Waals surface area contributed by atoms with Crippen LogP contribution >= 0.6 is 24.8 Å². The second-order valence-corrected chi connectivity index (χ2v) is 9.21. The monoisotopic (exact) mass is 506 g/mol. The summed E-state index contributed by atoms with van der Waals surface area (Å²) < 4.78 is 2.12. The molecule has 0 unspecified atom stereocenters. The van der Waals surface area contributed by atoms with Crippen LogP contribution in [0.1, 0.15) is 48.9 Å². The van der Waals surface area contributed by atoms with E-state index in [-0.39, 0.29) is 24.8 Å². The minimum atomic E-state index is 0. The van der Waals surface area contributed by atoms with Gasteiger partial charge in [-0.3, -0.25) is 4.90 Å². The van der Waals surface area contributed by atoms with E-state index in [9.17, 15) is 5.26 Å². The van der Waals surface area contributed by atoms with Crippen molar-refractivity contribution in [2.24, 2.45) is 7.05 Å². The van der Waals surface area contributed by atoms with Crippen LogP contribution in [0.25, 0.3) is 21.9 Å². The molecule has 4 aromatic rings.